The minimum Gasteiger partial charge on any atom is -0.394 e. The zero-order valence-electron chi connectivity index (χ0n) is 12.1. The van der Waals surface area contributed by atoms with Crippen LogP contribution in [0.4, 0.5) is 0 Å². The van der Waals surface area contributed by atoms with Crippen LogP contribution in [0.25, 0.3) is 0 Å². The van der Waals surface area contributed by atoms with Crippen molar-refractivity contribution in [3.63, 3.8) is 0 Å². The van der Waals surface area contributed by atoms with E-state index in [0.717, 1.165) is 19.3 Å². The largest absolute Gasteiger partial charge is 0.394 e. The number of likely N-dealkylation sites (N-methyl/N-ethyl adjacent to an activating group) is 1. The fourth-order valence-electron chi connectivity index (χ4n) is 1.77. The van der Waals surface area contributed by atoms with Gasteiger partial charge in [-0.2, -0.15) is 0 Å². The standard InChI is InChI=1S/C13H27NO6/c1-3-4-5-6-11(18)14(2)7-9(16)12(19)13(20)10(17)8-15/h9-10,12-13,15-17,19-20H,3-8H2,1-2H3/t9-,10+,12+,13+/m0/s1. The van der Waals surface area contributed by atoms with Gasteiger partial charge in [0, 0.05) is 20.0 Å². The highest BCUT2D eigenvalue weighted by atomic mass is 16.4. The van der Waals surface area contributed by atoms with Crippen molar-refractivity contribution in [2.24, 2.45) is 0 Å². The zero-order valence-corrected chi connectivity index (χ0v) is 12.1. The smallest absolute Gasteiger partial charge is 0.222 e. The van der Waals surface area contributed by atoms with E-state index in [2.05, 4.69) is 0 Å². The molecule has 0 saturated heterocycles. The van der Waals surface area contributed by atoms with Crippen LogP contribution in [0.15, 0.2) is 0 Å². The predicted molar refractivity (Wildman–Crippen MR) is 72.9 cm³/mol. The molecular weight excluding hydrogens is 266 g/mol. The van der Waals surface area contributed by atoms with Gasteiger partial charge in [0.25, 0.3) is 0 Å². The molecule has 4 atom stereocenters. The number of nitrogens with zero attached hydrogens (tertiary/aromatic N) is 1. The molecule has 120 valence electrons. The summed E-state index contributed by atoms with van der Waals surface area (Å²) < 4.78 is 0. The van der Waals surface area contributed by atoms with Gasteiger partial charge in [-0.15, -0.1) is 0 Å². The van der Waals surface area contributed by atoms with E-state index in [0.29, 0.717) is 6.42 Å². The monoisotopic (exact) mass is 293 g/mol. The van der Waals surface area contributed by atoms with E-state index >= 15 is 0 Å². The van der Waals surface area contributed by atoms with Crippen molar-refractivity contribution in [1.29, 1.82) is 0 Å². The second-order valence-corrected chi connectivity index (χ2v) is 5.03. The van der Waals surface area contributed by atoms with Crippen molar-refractivity contribution in [1.82, 2.24) is 4.90 Å². The van der Waals surface area contributed by atoms with E-state index < -0.39 is 31.0 Å². The average molecular weight is 293 g/mol. The second kappa shape index (κ2) is 10.1. The maximum atomic E-state index is 11.7. The van der Waals surface area contributed by atoms with Crippen molar-refractivity contribution in [3.05, 3.63) is 0 Å². The zero-order chi connectivity index (χ0) is 15.7. The Bertz CT molecular complexity index is 276. The molecular formula is C13H27NO6. The van der Waals surface area contributed by atoms with Crippen molar-refractivity contribution in [2.45, 2.75) is 57.0 Å². The number of carbonyl (C=O) groups excluding carboxylic acids is 1. The Morgan fingerprint density at radius 3 is 2.10 bits per heavy atom. The van der Waals surface area contributed by atoms with Crippen LogP contribution in [-0.4, -0.2) is 81.0 Å². The molecule has 20 heavy (non-hydrogen) atoms. The molecule has 0 bridgehead atoms. The van der Waals surface area contributed by atoms with Gasteiger partial charge in [0.2, 0.25) is 5.91 Å². The van der Waals surface area contributed by atoms with Crippen LogP contribution in [0.2, 0.25) is 0 Å². The molecule has 0 aromatic carbocycles. The summed E-state index contributed by atoms with van der Waals surface area (Å²) in [7, 11) is 1.50. The minimum atomic E-state index is -1.67. The number of amides is 1. The maximum absolute atomic E-state index is 11.7. The highest BCUT2D eigenvalue weighted by Crippen LogP contribution is 2.08. The third kappa shape index (κ3) is 6.62. The molecule has 0 aliphatic heterocycles. The van der Waals surface area contributed by atoms with E-state index in [1.165, 1.54) is 11.9 Å². The van der Waals surface area contributed by atoms with Crippen LogP contribution in [0.5, 0.6) is 0 Å². The molecule has 0 fully saturated rings. The van der Waals surface area contributed by atoms with E-state index in [9.17, 15) is 25.2 Å². The summed E-state index contributed by atoms with van der Waals surface area (Å²) in [6.07, 6.45) is -3.15. The Balaban J connectivity index is 4.23. The summed E-state index contributed by atoms with van der Waals surface area (Å²) in [5, 5.41) is 46.6. The van der Waals surface area contributed by atoms with Gasteiger partial charge in [-0.05, 0) is 6.42 Å². The molecule has 0 spiro atoms. The lowest BCUT2D eigenvalue weighted by Gasteiger charge is -2.28. The first-order chi connectivity index (χ1) is 9.34. The number of aliphatic hydroxyl groups excluding tert-OH is 5. The average Bonchev–Trinajstić information content (AvgIpc) is 2.44. The van der Waals surface area contributed by atoms with Crippen LogP contribution < -0.4 is 0 Å². The molecule has 0 rings (SSSR count). The van der Waals surface area contributed by atoms with Gasteiger partial charge >= 0.3 is 0 Å². The Morgan fingerprint density at radius 1 is 1.05 bits per heavy atom. The lowest BCUT2D eigenvalue weighted by molar-refractivity contribution is -0.138. The quantitative estimate of drug-likeness (QED) is 0.311. The molecule has 1 amide bonds. The summed E-state index contributed by atoms with van der Waals surface area (Å²) in [4.78, 5) is 13.0. The number of rotatable bonds is 10. The summed E-state index contributed by atoms with van der Waals surface area (Å²) in [6.45, 7) is 1.15. The van der Waals surface area contributed by atoms with E-state index in [1.807, 2.05) is 6.92 Å². The lowest BCUT2D eigenvalue weighted by Crippen LogP contribution is -2.49. The van der Waals surface area contributed by atoms with Gasteiger partial charge in [-0.3, -0.25) is 4.79 Å². The van der Waals surface area contributed by atoms with Crippen LogP contribution in [0.1, 0.15) is 32.6 Å². The van der Waals surface area contributed by atoms with Crippen molar-refractivity contribution >= 4 is 5.91 Å². The summed E-state index contributed by atoms with van der Waals surface area (Å²) in [5.74, 6) is -0.151. The van der Waals surface area contributed by atoms with Crippen LogP contribution in [-0.2, 0) is 4.79 Å². The predicted octanol–water partition coefficient (Wildman–Crippen LogP) is -1.54. The van der Waals surface area contributed by atoms with E-state index in [1.54, 1.807) is 0 Å². The summed E-state index contributed by atoms with van der Waals surface area (Å²) in [5.41, 5.74) is 0. The molecule has 0 radical (unpaired) electrons. The van der Waals surface area contributed by atoms with Crippen molar-refractivity contribution in [3.8, 4) is 0 Å². The Hall–Kier alpha value is -0.730. The van der Waals surface area contributed by atoms with Crippen LogP contribution in [0, 0.1) is 0 Å². The van der Waals surface area contributed by atoms with Gasteiger partial charge in [0.15, 0.2) is 0 Å². The topological polar surface area (TPSA) is 121 Å². The van der Waals surface area contributed by atoms with Crippen molar-refractivity contribution < 1.29 is 30.3 Å². The van der Waals surface area contributed by atoms with Gasteiger partial charge in [-0.25, -0.2) is 0 Å². The molecule has 0 aliphatic rings. The number of aliphatic hydroxyl groups is 5. The molecule has 7 nitrogen and oxygen atoms in total. The number of carbonyl (C=O) groups is 1. The number of hydrogen-bond acceptors (Lipinski definition) is 6. The molecule has 5 N–H and O–H groups in total. The SMILES string of the molecule is CCCCCC(=O)N(C)C[C@H](O)[C@@H](O)[C@H](O)[C@H](O)CO. The van der Waals surface area contributed by atoms with Crippen molar-refractivity contribution in [2.75, 3.05) is 20.2 Å². The molecule has 0 heterocycles. The van der Waals surface area contributed by atoms with E-state index in [4.69, 9.17) is 5.11 Å². The molecule has 0 aromatic heterocycles. The second-order valence-electron chi connectivity index (χ2n) is 5.03. The third-order valence-corrected chi connectivity index (χ3v) is 3.21. The highest BCUT2D eigenvalue weighted by Gasteiger charge is 2.31. The lowest BCUT2D eigenvalue weighted by atomic mass is 10.0. The first kappa shape index (κ1) is 19.3. The maximum Gasteiger partial charge on any atom is 0.222 e. The minimum absolute atomic E-state index is 0.151. The molecule has 0 unspecified atom stereocenters. The first-order valence-corrected chi connectivity index (χ1v) is 6.92. The van der Waals surface area contributed by atoms with Gasteiger partial charge in [0.1, 0.15) is 24.4 Å². The van der Waals surface area contributed by atoms with Gasteiger partial charge in [-0.1, -0.05) is 19.8 Å². The van der Waals surface area contributed by atoms with Gasteiger partial charge < -0.3 is 30.4 Å². The molecule has 0 aromatic rings. The summed E-state index contributed by atoms with van der Waals surface area (Å²) in [6, 6.07) is 0. The number of hydrogen-bond donors (Lipinski definition) is 5. The van der Waals surface area contributed by atoms with E-state index in [-0.39, 0.29) is 12.5 Å². The van der Waals surface area contributed by atoms with Crippen LogP contribution in [0.3, 0.4) is 0 Å². The molecule has 0 saturated carbocycles. The Morgan fingerprint density at radius 2 is 1.60 bits per heavy atom. The highest BCUT2D eigenvalue weighted by molar-refractivity contribution is 5.75. The Labute approximate surface area is 119 Å². The molecule has 7 heteroatoms. The fraction of sp³-hybridized carbons (Fsp3) is 0.923. The third-order valence-electron chi connectivity index (χ3n) is 3.21. The molecule has 0 aliphatic carbocycles. The van der Waals surface area contributed by atoms with Gasteiger partial charge in [0.05, 0.1) is 6.61 Å². The normalized spacial score (nSPS) is 17.4. The fourth-order valence-corrected chi connectivity index (χ4v) is 1.77. The first-order valence-electron chi connectivity index (χ1n) is 6.92. The summed E-state index contributed by atoms with van der Waals surface area (Å²) >= 11 is 0. The number of unbranched alkanes of at least 4 members (excludes halogenated alkanes) is 2. The van der Waals surface area contributed by atoms with Crippen LogP contribution >= 0.6 is 0 Å². The Kier molecular flexibility index (Phi) is 9.70.